The van der Waals surface area contributed by atoms with Crippen LogP contribution in [0.15, 0.2) is 12.3 Å². The number of hydrogen-bond donors (Lipinski definition) is 1. The third-order valence-corrected chi connectivity index (χ3v) is 2.33. The normalized spacial score (nSPS) is 25.5. The molecule has 2 atom stereocenters. The standard InChI is InChI=1S/C10H16N2O3/c1-8-3-4-10(15-8)12(2)6-5-9(14)11-7-13/h5-8,10H,3-4H2,1-2H3,(H,11,13,14)/b6-5-. The molecule has 1 rings (SSSR count). The highest BCUT2D eigenvalue weighted by Gasteiger charge is 2.23. The minimum atomic E-state index is -0.428. The van der Waals surface area contributed by atoms with Crippen LogP contribution >= 0.6 is 0 Å². The summed E-state index contributed by atoms with van der Waals surface area (Å²) in [4.78, 5) is 22.7. The zero-order valence-corrected chi connectivity index (χ0v) is 8.97. The molecule has 1 aliphatic heterocycles. The molecule has 1 heterocycles. The molecule has 1 saturated heterocycles. The molecule has 0 radical (unpaired) electrons. The quantitative estimate of drug-likeness (QED) is 0.535. The van der Waals surface area contributed by atoms with Gasteiger partial charge in [-0.2, -0.15) is 0 Å². The van der Waals surface area contributed by atoms with Crippen molar-refractivity contribution in [3.63, 3.8) is 0 Å². The number of ether oxygens (including phenoxy) is 1. The monoisotopic (exact) mass is 212 g/mol. The molecule has 15 heavy (non-hydrogen) atoms. The molecular formula is C10H16N2O3. The van der Waals surface area contributed by atoms with Crippen LogP contribution in [0.5, 0.6) is 0 Å². The lowest BCUT2D eigenvalue weighted by Crippen LogP contribution is -2.27. The van der Waals surface area contributed by atoms with Gasteiger partial charge in [0.15, 0.2) is 0 Å². The van der Waals surface area contributed by atoms with E-state index in [-0.39, 0.29) is 12.3 Å². The van der Waals surface area contributed by atoms with Crippen LogP contribution in [0.4, 0.5) is 0 Å². The average Bonchev–Trinajstić information content (AvgIpc) is 2.62. The topological polar surface area (TPSA) is 58.6 Å². The van der Waals surface area contributed by atoms with Gasteiger partial charge in [-0.25, -0.2) is 0 Å². The highest BCUT2D eigenvalue weighted by atomic mass is 16.5. The second kappa shape index (κ2) is 5.50. The molecule has 0 aromatic carbocycles. The van der Waals surface area contributed by atoms with E-state index in [0.717, 1.165) is 12.8 Å². The van der Waals surface area contributed by atoms with E-state index in [9.17, 15) is 9.59 Å². The lowest BCUT2D eigenvalue weighted by molar-refractivity contribution is -0.121. The Morgan fingerprint density at radius 2 is 2.27 bits per heavy atom. The Bertz CT molecular complexity index is 265. The smallest absolute Gasteiger partial charge is 0.251 e. The molecule has 0 aromatic heterocycles. The SMILES string of the molecule is CC1CCC(N(C)/C=C\C(=O)NC=O)O1. The number of carbonyl (C=O) groups excluding carboxylic acids is 2. The molecule has 2 amide bonds. The fourth-order valence-electron chi connectivity index (χ4n) is 1.47. The van der Waals surface area contributed by atoms with E-state index in [2.05, 4.69) is 0 Å². The fraction of sp³-hybridized carbons (Fsp3) is 0.600. The van der Waals surface area contributed by atoms with Crippen molar-refractivity contribution in [2.45, 2.75) is 32.1 Å². The van der Waals surface area contributed by atoms with Crippen molar-refractivity contribution in [2.24, 2.45) is 0 Å². The molecule has 0 saturated carbocycles. The second-order valence-electron chi connectivity index (χ2n) is 3.59. The van der Waals surface area contributed by atoms with Gasteiger partial charge in [-0.05, 0) is 19.8 Å². The maximum atomic E-state index is 10.9. The van der Waals surface area contributed by atoms with Crippen LogP contribution in [0.25, 0.3) is 0 Å². The number of imide groups is 1. The molecule has 5 nitrogen and oxygen atoms in total. The number of nitrogens with zero attached hydrogens (tertiary/aromatic N) is 1. The lowest BCUT2D eigenvalue weighted by atomic mass is 10.2. The summed E-state index contributed by atoms with van der Waals surface area (Å²) in [5.74, 6) is -0.428. The van der Waals surface area contributed by atoms with Crippen LogP contribution in [0.2, 0.25) is 0 Å². The Hall–Kier alpha value is -1.36. The van der Waals surface area contributed by atoms with Crippen LogP contribution in [0.3, 0.4) is 0 Å². The van der Waals surface area contributed by atoms with Gasteiger partial charge in [0.25, 0.3) is 5.91 Å². The number of carbonyl (C=O) groups is 2. The summed E-state index contributed by atoms with van der Waals surface area (Å²) in [7, 11) is 1.84. The summed E-state index contributed by atoms with van der Waals surface area (Å²) in [6.07, 6.45) is 5.57. The Balaban J connectivity index is 2.37. The molecule has 0 aliphatic carbocycles. The van der Waals surface area contributed by atoms with Gasteiger partial charge in [-0.1, -0.05) is 0 Å². The van der Waals surface area contributed by atoms with Crippen LogP contribution in [0.1, 0.15) is 19.8 Å². The zero-order chi connectivity index (χ0) is 11.3. The van der Waals surface area contributed by atoms with E-state index in [1.165, 1.54) is 6.08 Å². The largest absolute Gasteiger partial charge is 0.355 e. The van der Waals surface area contributed by atoms with E-state index in [0.29, 0.717) is 6.41 Å². The molecular weight excluding hydrogens is 196 g/mol. The number of hydrogen-bond acceptors (Lipinski definition) is 4. The van der Waals surface area contributed by atoms with Crippen LogP contribution in [-0.4, -0.2) is 36.6 Å². The van der Waals surface area contributed by atoms with E-state index < -0.39 is 5.91 Å². The molecule has 1 N–H and O–H groups in total. The average molecular weight is 212 g/mol. The molecule has 84 valence electrons. The maximum absolute atomic E-state index is 10.9. The summed E-state index contributed by atoms with van der Waals surface area (Å²) >= 11 is 0. The third-order valence-electron chi connectivity index (χ3n) is 2.33. The van der Waals surface area contributed by atoms with Gasteiger partial charge in [0.1, 0.15) is 6.23 Å². The van der Waals surface area contributed by atoms with Crippen molar-refractivity contribution in [3.05, 3.63) is 12.3 Å². The summed E-state index contributed by atoms with van der Waals surface area (Å²) in [6, 6.07) is 0. The van der Waals surface area contributed by atoms with Crippen molar-refractivity contribution in [1.29, 1.82) is 0 Å². The first-order valence-corrected chi connectivity index (χ1v) is 4.93. The van der Waals surface area contributed by atoms with Crippen molar-refractivity contribution < 1.29 is 14.3 Å². The first kappa shape index (κ1) is 11.7. The molecule has 5 heteroatoms. The Morgan fingerprint density at radius 3 is 2.80 bits per heavy atom. The highest BCUT2D eigenvalue weighted by molar-refractivity contribution is 5.94. The molecule has 1 fully saturated rings. The first-order valence-electron chi connectivity index (χ1n) is 4.93. The first-order chi connectivity index (χ1) is 7.13. The summed E-state index contributed by atoms with van der Waals surface area (Å²) in [6.45, 7) is 2.02. The van der Waals surface area contributed by atoms with Crippen molar-refractivity contribution >= 4 is 12.3 Å². The van der Waals surface area contributed by atoms with Gasteiger partial charge in [0.05, 0.1) is 6.10 Å². The lowest BCUT2D eigenvalue weighted by Gasteiger charge is -2.21. The summed E-state index contributed by atoms with van der Waals surface area (Å²) in [5, 5.41) is 2.03. The number of amides is 2. The minimum Gasteiger partial charge on any atom is -0.355 e. The predicted octanol–water partition coefficient (Wildman–Crippen LogP) is 0.229. The molecule has 1 aliphatic rings. The van der Waals surface area contributed by atoms with Gasteiger partial charge >= 0.3 is 0 Å². The van der Waals surface area contributed by atoms with Gasteiger partial charge in [0, 0.05) is 19.3 Å². The van der Waals surface area contributed by atoms with Gasteiger partial charge in [-0.3, -0.25) is 14.9 Å². The third kappa shape index (κ3) is 3.71. The van der Waals surface area contributed by atoms with E-state index in [1.54, 1.807) is 6.20 Å². The number of rotatable bonds is 4. The van der Waals surface area contributed by atoms with Gasteiger partial charge in [0.2, 0.25) is 6.41 Å². The van der Waals surface area contributed by atoms with E-state index >= 15 is 0 Å². The molecule has 2 unspecified atom stereocenters. The van der Waals surface area contributed by atoms with Crippen molar-refractivity contribution in [3.8, 4) is 0 Å². The maximum Gasteiger partial charge on any atom is 0.251 e. The Morgan fingerprint density at radius 1 is 1.53 bits per heavy atom. The van der Waals surface area contributed by atoms with Gasteiger partial charge in [-0.15, -0.1) is 0 Å². The summed E-state index contributed by atoms with van der Waals surface area (Å²) < 4.78 is 5.59. The highest BCUT2D eigenvalue weighted by Crippen LogP contribution is 2.21. The molecule has 0 bridgehead atoms. The van der Waals surface area contributed by atoms with Gasteiger partial charge < -0.3 is 9.64 Å². The Labute approximate surface area is 89.1 Å². The van der Waals surface area contributed by atoms with Crippen LogP contribution in [0, 0.1) is 0 Å². The predicted molar refractivity (Wildman–Crippen MR) is 54.7 cm³/mol. The summed E-state index contributed by atoms with van der Waals surface area (Å²) in [5.41, 5.74) is 0. The minimum absolute atomic E-state index is 0.0280. The van der Waals surface area contributed by atoms with Crippen molar-refractivity contribution in [1.82, 2.24) is 10.2 Å². The van der Waals surface area contributed by atoms with Crippen LogP contribution < -0.4 is 5.32 Å². The second-order valence-corrected chi connectivity index (χ2v) is 3.59. The van der Waals surface area contributed by atoms with Crippen LogP contribution in [-0.2, 0) is 14.3 Å². The van der Waals surface area contributed by atoms with E-state index in [4.69, 9.17) is 4.74 Å². The van der Waals surface area contributed by atoms with Crippen molar-refractivity contribution in [2.75, 3.05) is 7.05 Å². The zero-order valence-electron chi connectivity index (χ0n) is 8.97. The fourth-order valence-corrected chi connectivity index (χ4v) is 1.47. The number of nitrogens with one attached hydrogen (secondary N) is 1. The molecule has 0 spiro atoms. The Kier molecular flexibility index (Phi) is 4.30. The van der Waals surface area contributed by atoms with E-state index in [1.807, 2.05) is 24.2 Å². The molecule has 0 aromatic rings.